The van der Waals surface area contributed by atoms with E-state index >= 15 is 0 Å². The van der Waals surface area contributed by atoms with E-state index in [0.717, 1.165) is 16.7 Å². The maximum Gasteiger partial charge on any atom is 0.293 e. The van der Waals surface area contributed by atoms with Crippen LogP contribution in [0.3, 0.4) is 0 Å². The summed E-state index contributed by atoms with van der Waals surface area (Å²) in [4.78, 5) is 38.8. The van der Waals surface area contributed by atoms with Gasteiger partial charge in [0, 0.05) is 13.1 Å². The number of hydrogen-bond donors (Lipinski definition) is 1. The number of ether oxygens (including phenoxy) is 3. The van der Waals surface area contributed by atoms with Crippen LogP contribution in [0.15, 0.2) is 21.6 Å². The number of methoxy groups -OCH3 is 3. The zero-order valence-corrected chi connectivity index (χ0v) is 19.1. The van der Waals surface area contributed by atoms with E-state index in [1.165, 1.54) is 21.3 Å². The predicted molar refractivity (Wildman–Crippen MR) is 117 cm³/mol. The van der Waals surface area contributed by atoms with Gasteiger partial charge in [-0.1, -0.05) is 5.16 Å². The Kier molecular flexibility index (Phi) is 7.08. The SMILES string of the molecule is COc1cc(/C=C2/SC(=O)N(CCNC(=O)c3c(C)noc3C)C2=O)cc(OC)c1OC. The molecule has 1 aromatic carbocycles. The van der Waals surface area contributed by atoms with Gasteiger partial charge in [0.1, 0.15) is 11.3 Å². The van der Waals surface area contributed by atoms with Crippen molar-refractivity contribution >= 4 is 34.9 Å². The Hall–Kier alpha value is -3.47. The number of thioether (sulfide) groups is 1. The fourth-order valence-corrected chi connectivity index (χ4v) is 4.07. The zero-order chi connectivity index (χ0) is 23.4. The lowest BCUT2D eigenvalue weighted by Crippen LogP contribution is -2.37. The summed E-state index contributed by atoms with van der Waals surface area (Å²) in [5.74, 6) is 0.869. The van der Waals surface area contributed by atoms with Crippen LogP contribution < -0.4 is 19.5 Å². The smallest absolute Gasteiger partial charge is 0.293 e. The van der Waals surface area contributed by atoms with Gasteiger partial charge < -0.3 is 24.1 Å². The van der Waals surface area contributed by atoms with E-state index in [0.29, 0.717) is 39.8 Å². The third-order valence-corrected chi connectivity index (χ3v) is 5.65. The molecule has 32 heavy (non-hydrogen) atoms. The minimum absolute atomic E-state index is 0.0341. The summed E-state index contributed by atoms with van der Waals surface area (Å²) in [6, 6.07) is 3.36. The Labute approximate surface area is 188 Å². The van der Waals surface area contributed by atoms with Crippen LogP contribution in [0.2, 0.25) is 0 Å². The fourth-order valence-electron chi connectivity index (χ4n) is 3.21. The van der Waals surface area contributed by atoms with Gasteiger partial charge in [0.25, 0.3) is 17.1 Å². The Morgan fingerprint density at radius 1 is 1.16 bits per heavy atom. The second kappa shape index (κ2) is 9.77. The minimum atomic E-state index is -0.444. The number of nitrogens with one attached hydrogen (secondary N) is 1. The lowest BCUT2D eigenvalue weighted by molar-refractivity contribution is -0.122. The van der Waals surface area contributed by atoms with Crippen LogP contribution in [-0.2, 0) is 4.79 Å². The van der Waals surface area contributed by atoms with Gasteiger partial charge in [-0.3, -0.25) is 19.3 Å². The molecule has 0 atom stereocenters. The predicted octanol–water partition coefficient (Wildman–Crippen LogP) is 2.78. The normalized spacial score (nSPS) is 14.8. The van der Waals surface area contributed by atoms with Crippen molar-refractivity contribution in [2.24, 2.45) is 0 Å². The highest BCUT2D eigenvalue weighted by Crippen LogP contribution is 2.40. The van der Waals surface area contributed by atoms with Crippen molar-refractivity contribution in [2.75, 3.05) is 34.4 Å². The molecule has 0 aliphatic carbocycles. The van der Waals surface area contributed by atoms with Gasteiger partial charge in [0.05, 0.1) is 31.9 Å². The van der Waals surface area contributed by atoms with Crippen LogP contribution in [0.4, 0.5) is 4.79 Å². The van der Waals surface area contributed by atoms with Crippen molar-refractivity contribution in [1.29, 1.82) is 0 Å². The van der Waals surface area contributed by atoms with Gasteiger partial charge >= 0.3 is 0 Å². The fraction of sp³-hybridized carbons (Fsp3) is 0.333. The lowest BCUT2D eigenvalue weighted by Gasteiger charge is -2.13. The molecule has 0 radical (unpaired) electrons. The molecule has 1 aliphatic heterocycles. The number of aryl methyl sites for hydroxylation is 2. The Bertz CT molecular complexity index is 1050. The van der Waals surface area contributed by atoms with Crippen LogP contribution in [-0.4, -0.2) is 61.5 Å². The molecule has 0 saturated carbocycles. The van der Waals surface area contributed by atoms with Gasteiger partial charge in [-0.05, 0) is 49.4 Å². The molecule has 1 aromatic heterocycles. The number of carbonyl (C=O) groups is 3. The number of hydrogen-bond acceptors (Lipinski definition) is 9. The topological polar surface area (TPSA) is 120 Å². The second-order valence-electron chi connectivity index (χ2n) is 6.75. The number of aromatic nitrogens is 1. The Morgan fingerprint density at radius 2 is 1.81 bits per heavy atom. The number of carbonyl (C=O) groups excluding carboxylic acids is 3. The Morgan fingerprint density at radius 3 is 2.34 bits per heavy atom. The van der Waals surface area contributed by atoms with Gasteiger partial charge in [-0.2, -0.15) is 0 Å². The van der Waals surface area contributed by atoms with E-state index in [2.05, 4.69) is 10.5 Å². The third kappa shape index (κ3) is 4.57. The van der Waals surface area contributed by atoms with E-state index in [4.69, 9.17) is 18.7 Å². The molecule has 1 fully saturated rings. The first-order valence-corrected chi connectivity index (χ1v) is 10.4. The van der Waals surface area contributed by atoms with Gasteiger partial charge in [-0.15, -0.1) is 0 Å². The molecule has 3 rings (SSSR count). The van der Waals surface area contributed by atoms with E-state index < -0.39 is 11.1 Å². The minimum Gasteiger partial charge on any atom is -0.493 e. The molecule has 10 nitrogen and oxygen atoms in total. The molecule has 2 aromatic rings. The number of imide groups is 1. The molecule has 1 saturated heterocycles. The van der Waals surface area contributed by atoms with Gasteiger partial charge in [0.15, 0.2) is 11.5 Å². The first kappa shape index (κ1) is 23.2. The van der Waals surface area contributed by atoms with Crippen LogP contribution in [0, 0.1) is 13.8 Å². The number of nitrogens with zero attached hydrogens (tertiary/aromatic N) is 2. The zero-order valence-electron chi connectivity index (χ0n) is 18.3. The first-order chi connectivity index (χ1) is 15.3. The summed E-state index contributed by atoms with van der Waals surface area (Å²) in [5.41, 5.74) is 1.43. The summed E-state index contributed by atoms with van der Waals surface area (Å²) in [7, 11) is 4.48. The van der Waals surface area contributed by atoms with Crippen LogP contribution in [0.25, 0.3) is 6.08 Å². The number of amides is 3. The van der Waals surface area contributed by atoms with Crippen LogP contribution in [0.5, 0.6) is 17.2 Å². The van der Waals surface area contributed by atoms with Gasteiger partial charge in [-0.25, -0.2) is 0 Å². The molecule has 2 heterocycles. The highest BCUT2D eigenvalue weighted by molar-refractivity contribution is 8.18. The summed E-state index contributed by atoms with van der Waals surface area (Å²) < 4.78 is 20.9. The highest BCUT2D eigenvalue weighted by Gasteiger charge is 2.35. The molecule has 11 heteroatoms. The molecule has 1 N–H and O–H groups in total. The summed E-state index contributed by atoms with van der Waals surface area (Å²) >= 11 is 0.823. The van der Waals surface area contributed by atoms with E-state index in [1.807, 2.05) is 0 Å². The largest absolute Gasteiger partial charge is 0.493 e. The molecule has 170 valence electrons. The highest BCUT2D eigenvalue weighted by atomic mass is 32.2. The van der Waals surface area contributed by atoms with Crippen molar-refractivity contribution in [3.63, 3.8) is 0 Å². The standard InChI is InChI=1S/C21H23N3O7S/c1-11-17(12(2)31-23-11)19(25)22-6-7-24-20(26)16(32-21(24)27)10-13-8-14(28-3)18(30-5)15(9-13)29-4/h8-10H,6-7H2,1-5H3,(H,22,25)/b16-10+. The first-order valence-electron chi connectivity index (χ1n) is 9.57. The van der Waals surface area contributed by atoms with Gasteiger partial charge in [0.2, 0.25) is 5.75 Å². The summed E-state index contributed by atoms with van der Waals surface area (Å²) in [5, 5.41) is 6.01. The number of benzene rings is 1. The molecular formula is C21H23N3O7S. The van der Waals surface area contributed by atoms with Crippen molar-refractivity contribution in [2.45, 2.75) is 13.8 Å². The molecule has 0 bridgehead atoms. The molecule has 0 spiro atoms. The molecule has 1 aliphatic rings. The average Bonchev–Trinajstić information content (AvgIpc) is 3.25. The maximum atomic E-state index is 12.8. The van der Waals surface area contributed by atoms with E-state index in [9.17, 15) is 14.4 Å². The van der Waals surface area contributed by atoms with Crippen molar-refractivity contribution in [3.05, 3.63) is 39.6 Å². The van der Waals surface area contributed by atoms with E-state index in [-0.39, 0.29) is 23.9 Å². The summed E-state index contributed by atoms with van der Waals surface area (Å²) in [6.45, 7) is 3.43. The average molecular weight is 461 g/mol. The molecular weight excluding hydrogens is 438 g/mol. The molecule has 0 unspecified atom stereocenters. The monoisotopic (exact) mass is 461 g/mol. The number of rotatable bonds is 8. The van der Waals surface area contributed by atoms with Crippen molar-refractivity contribution in [1.82, 2.24) is 15.4 Å². The third-order valence-electron chi connectivity index (χ3n) is 4.74. The van der Waals surface area contributed by atoms with Crippen molar-refractivity contribution < 1.29 is 33.1 Å². The second-order valence-corrected chi connectivity index (χ2v) is 7.74. The maximum absolute atomic E-state index is 12.8. The van der Waals surface area contributed by atoms with Crippen molar-refractivity contribution in [3.8, 4) is 17.2 Å². The quantitative estimate of drug-likeness (QED) is 0.592. The van der Waals surface area contributed by atoms with Crippen LogP contribution in [0.1, 0.15) is 27.4 Å². The van der Waals surface area contributed by atoms with Crippen LogP contribution >= 0.6 is 11.8 Å². The molecule has 3 amide bonds. The lowest BCUT2D eigenvalue weighted by atomic mass is 10.1. The summed E-state index contributed by atoms with van der Waals surface area (Å²) in [6.07, 6.45) is 1.58. The Balaban J connectivity index is 1.71. The van der Waals surface area contributed by atoms with E-state index in [1.54, 1.807) is 32.1 Å².